The van der Waals surface area contributed by atoms with Crippen LogP contribution in [-0.2, 0) is 0 Å². The molecule has 0 amide bonds. The molecule has 2 aromatic carbocycles. The highest BCUT2D eigenvalue weighted by atomic mass is 16.5. The van der Waals surface area contributed by atoms with Crippen LogP contribution in [0.3, 0.4) is 0 Å². The van der Waals surface area contributed by atoms with Crippen molar-refractivity contribution in [3.05, 3.63) is 64.4 Å². The van der Waals surface area contributed by atoms with Crippen LogP contribution >= 0.6 is 0 Å². The van der Waals surface area contributed by atoms with Gasteiger partial charge in [0.1, 0.15) is 11.3 Å². The minimum absolute atomic E-state index is 0.224. The molecule has 0 aliphatic heterocycles. The number of hydrogen-bond donors (Lipinski definition) is 3. The molecule has 29 heavy (non-hydrogen) atoms. The number of pyridine rings is 1. The maximum absolute atomic E-state index is 12.3. The SMILES string of the molecule is COc1ccc2cc(C=NNc3nnc4c(n3)[nH]c3ccccc34)c(=O)[nH]c2c1. The number of nitrogens with one attached hydrogen (secondary N) is 3. The van der Waals surface area contributed by atoms with Gasteiger partial charge in [-0.25, -0.2) is 5.43 Å². The Balaban J connectivity index is 1.42. The van der Waals surface area contributed by atoms with E-state index in [0.717, 1.165) is 16.3 Å². The molecule has 0 atom stereocenters. The van der Waals surface area contributed by atoms with Gasteiger partial charge in [-0.2, -0.15) is 10.1 Å². The van der Waals surface area contributed by atoms with E-state index in [-0.39, 0.29) is 11.5 Å². The summed E-state index contributed by atoms with van der Waals surface area (Å²) in [7, 11) is 1.58. The molecule has 0 spiro atoms. The smallest absolute Gasteiger partial charge is 0.265 e. The van der Waals surface area contributed by atoms with Crippen LogP contribution in [0.4, 0.5) is 5.95 Å². The fourth-order valence-electron chi connectivity index (χ4n) is 3.15. The second kappa shape index (κ2) is 6.71. The van der Waals surface area contributed by atoms with Gasteiger partial charge in [-0.1, -0.05) is 18.2 Å². The van der Waals surface area contributed by atoms with E-state index >= 15 is 0 Å². The van der Waals surface area contributed by atoms with Crippen molar-refractivity contribution in [2.75, 3.05) is 12.5 Å². The first-order valence-electron chi connectivity index (χ1n) is 8.82. The number of aromatic nitrogens is 5. The van der Waals surface area contributed by atoms with Gasteiger partial charge in [0.05, 0.1) is 24.4 Å². The standard InChI is InChI=1S/C20H15N7O2/c1-29-13-7-6-11-8-12(19(28)23-16(11)9-13)10-21-26-20-24-18-17(25-27-20)14-4-2-3-5-15(14)22-18/h2-10H,1H3,(H,23,28)(H2,22,24,26,27). The number of ether oxygens (including phenoxy) is 1. The molecule has 3 N–H and O–H groups in total. The number of fused-ring (bicyclic) bond motifs is 4. The first-order valence-corrected chi connectivity index (χ1v) is 8.82. The summed E-state index contributed by atoms with van der Waals surface area (Å²) in [5.74, 6) is 0.899. The average molecular weight is 385 g/mol. The van der Waals surface area contributed by atoms with Crippen LogP contribution in [0, 0.1) is 0 Å². The number of H-pyrrole nitrogens is 2. The average Bonchev–Trinajstić information content (AvgIpc) is 3.11. The summed E-state index contributed by atoms with van der Waals surface area (Å²) < 4.78 is 5.18. The highest BCUT2D eigenvalue weighted by Gasteiger charge is 2.08. The Kier molecular flexibility index (Phi) is 3.91. The molecule has 142 valence electrons. The number of benzene rings is 2. The Hall–Kier alpha value is -4.27. The third-order valence-corrected chi connectivity index (χ3v) is 4.57. The fraction of sp³-hybridized carbons (Fsp3) is 0.0500. The summed E-state index contributed by atoms with van der Waals surface area (Å²) in [5, 5.41) is 14.2. The lowest BCUT2D eigenvalue weighted by molar-refractivity contribution is 0.415. The number of methoxy groups -OCH3 is 1. The van der Waals surface area contributed by atoms with Crippen LogP contribution in [0.2, 0.25) is 0 Å². The molecule has 0 saturated heterocycles. The van der Waals surface area contributed by atoms with Crippen LogP contribution < -0.4 is 15.7 Å². The number of aromatic amines is 2. The lowest BCUT2D eigenvalue weighted by atomic mass is 10.1. The van der Waals surface area contributed by atoms with Crippen molar-refractivity contribution in [3.8, 4) is 5.75 Å². The monoisotopic (exact) mass is 385 g/mol. The van der Waals surface area contributed by atoms with E-state index in [9.17, 15) is 4.79 Å². The van der Waals surface area contributed by atoms with Gasteiger partial charge < -0.3 is 14.7 Å². The number of hydrazone groups is 1. The van der Waals surface area contributed by atoms with Crippen molar-refractivity contribution in [2.24, 2.45) is 5.10 Å². The summed E-state index contributed by atoms with van der Waals surface area (Å²) >= 11 is 0. The Bertz CT molecular complexity index is 1450. The molecular weight excluding hydrogens is 370 g/mol. The number of rotatable bonds is 4. The van der Waals surface area contributed by atoms with Gasteiger partial charge in [0, 0.05) is 17.0 Å². The van der Waals surface area contributed by atoms with Gasteiger partial charge in [0.25, 0.3) is 11.5 Å². The molecule has 0 bridgehead atoms. The van der Waals surface area contributed by atoms with E-state index in [1.807, 2.05) is 36.4 Å². The Morgan fingerprint density at radius 1 is 1.07 bits per heavy atom. The summed E-state index contributed by atoms with van der Waals surface area (Å²) in [6.07, 6.45) is 1.42. The van der Waals surface area contributed by atoms with Gasteiger partial charge in [-0.15, -0.1) is 10.2 Å². The molecule has 3 heterocycles. The number of nitrogens with zero attached hydrogens (tertiary/aromatic N) is 4. The lowest BCUT2D eigenvalue weighted by Crippen LogP contribution is -2.12. The molecule has 9 nitrogen and oxygen atoms in total. The summed E-state index contributed by atoms with van der Waals surface area (Å²) in [6, 6.07) is 15.0. The van der Waals surface area contributed by atoms with Gasteiger partial charge in [-0.05, 0) is 29.7 Å². The van der Waals surface area contributed by atoms with Crippen LogP contribution in [0.1, 0.15) is 5.56 Å². The molecule has 9 heteroatoms. The van der Waals surface area contributed by atoms with Crippen molar-refractivity contribution in [3.63, 3.8) is 0 Å². The molecular formula is C20H15N7O2. The van der Waals surface area contributed by atoms with E-state index in [0.29, 0.717) is 28.0 Å². The zero-order chi connectivity index (χ0) is 19.8. The molecule has 5 aromatic rings. The largest absolute Gasteiger partial charge is 0.497 e. The van der Waals surface area contributed by atoms with Crippen molar-refractivity contribution in [1.29, 1.82) is 0 Å². The van der Waals surface area contributed by atoms with Crippen LogP contribution in [0.25, 0.3) is 33.0 Å². The van der Waals surface area contributed by atoms with Crippen molar-refractivity contribution >= 4 is 45.1 Å². The minimum Gasteiger partial charge on any atom is -0.497 e. The van der Waals surface area contributed by atoms with E-state index < -0.39 is 0 Å². The Labute approximate surface area is 163 Å². The molecule has 0 radical (unpaired) electrons. The van der Waals surface area contributed by atoms with E-state index in [1.54, 1.807) is 19.2 Å². The normalized spacial score (nSPS) is 11.6. The molecule has 0 aliphatic rings. The third-order valence-electron chi connectivity index (χ3n) is 4.57. The number of para-hydroxylation sites is 1. The minimum atomic E-state index is -0.263. The third kappa shape index (κ3) is 3.04. The first-order chi connectivity index (χ1) is 14.2. The topological polar surface area (TPSA) is 121 Å². The summed E-state index contributed by atoms with van der Waals surface area (Å²) in [5.41, 5.74) is 5.78. The molecule has 0 saturated carbocycles. The molecule has 3 aromatic heterocycles. The lowest BCUT2D eigenvalue weighted by Gasteiger charge is -2.03. The summed E-state index contributed by atoms with van der Waals surface area (Å²) in [4.78, 5) is 22.7. The van der Waals surface area contributed by atoms with Gasteiger partial charge in [0.2, 0.25) is 0 Å². The molecule has 0 fully saturated rings. The van der Waals surface area contributed by atoms with Gasteiger partial charge in [0.15, 0.2) is 5.65 Å². The maximum atomic E-state index is 12.3. The predicted octanol–water partition coefficient (Wildman–Crippen LogP) is 2.80. The van der Waals surface area contributed by atoms with Crippen LogP contribution in [0.5, 0.6) is 5.75 Å². The maximum Gasteiger partial charge on any atom is 0.265 e. The first kappa shape index (κ1) is 16.9. The van der Waals surface area contributed by atoms with Crippen molar-refractivity contribution in [1.82, 2.24) is 25.1 Å². The Morgan fingerprint density at radius 2 is 1.97 bits per heavy atom. The van der Waals surface area contributed by atoms with Gasteiger partial charge >= 0.3 is 0 Å². The highest BCUT2D eigenvalue weighted by molar-refractivity contribution is 6.03. The van der Waals surface area contributed by atoms with Crippen molar-refractivity contribution < 1.29 is 4.74 Å². The van der Waals surface area contributed by atoms with E-state index in [2.05, 4.69) is 35.7 Å². The second-order valence-electron chi connectivity index (χ2n) is 6.38. The number of anilines is 1. The zero-order valence-corrected chi connectivity index (χ0v) is 15.3. The van der Waals surface area contributed by atoms with Crippen molar-refractivity contribution in [2.45, 2.75) is 0 Å². The highest BCUT2D eigenvalue weighted by Crippen LogP contribution is 2.22. The summed E-state index contributed by atoms with van der Waals surface area (Å²) in [6.45, 7) is 0. The molecule has 0 unspecified atom stereocenters. The van der Waals surface area contributed by atoms with E-state index in [1.165, 1.54) is 6.21 Å². The quantitative estimate of drug-likeness (QED) is 0.323. The van der Waals surface area contributed by atoms with Crippen LogP contribution in [0.15, 0.2) is 58.4 Å². The zero-order valence-electron chi connectivity index (χ0n) is 15.3. The van der Waals surface area contributed by atoms with E-state index in [4.69, 9.17) is 4.74 Å². The number of hydrogen-bond acceptors (Lipinski definition) is 7. The Morgan fingerprint density at radius 3 is 2.86 bits per heavy atom. The van der Waals surface area contributed by atoms with Crippen LogP contribution in [-0.4, -0.2) is 38.5 Å². The molecule has 5 rings (SSSR count). The molecule has 0 aliphatic carbocycles. The predicted molar refractivity (Wildman–Crippen MR) is 112 cm³/mol. The second-order valence-corrected chi connectivity index (χ2v) is 6.38. The fourth-order valence-corrected chi connectivity index (χ4v) is 3.15. The van der Waals surface area contributed by atoms with Gasteiger partial charge in [-0.3, -0.25) is 4.79 Å².